The molecule has 1 aliphatic rings. The molecule has 32 heavy (non-hydrogen) atoms. The van der Waals surface area contributed by atoms with E-state index in [2.05, 4.69) is 25.5 Å². The number of benzene rings is 1. The van der Waals surface area contributed by atoms with E-state index in [-0.39, 0.29) is 6.03 Å². The number of methoxy groups -OCH3 is 2. The molecule has 0 aliphatic carbocycles. The Morgan fingerprint density at radius 2 is 1.78 bits per heavy atom. The third-order valence-corrected chi connectivity index (χ3v) is 6.15. The molecule has 2 amide bonds. The predicted octanol–water partition coefficient (Wildman–Crippen LogP) is 4.85. The summed E-state index contributed by atoms with van der Waals surface area (Å²) in [4.78, 5) is 24.0. The number of pyridine rings is 1. The van der Waals surface area contributed by atoms with Crippen molar-refractivity contribution >= 4 is 29.0 Å². The maximum absolute atomic E-state index is 12.5. The molecule has 1 saturated heterocycles. The molecule has 2 N–H and O–H groups in total. The lowest BCUT2D eigenvalue weighted by atomic mass is 10.1. The quantitative estimate of drug-likeness (QED) is 0.532. The van der Waals surface area contributed by atoms with Gasteiger partial charge in [-0.3, -0.25) is 15.5 Å². The maximum Gasteiger partial charge on any atom is 0.326 e. The van der Waals surface area contributed by atoms with Crippen molar-refractivity contribution < 1.29 is 14.3 Å². The minimum Gasteiger partial charge on any atom is -0.493 e. The second-order valence-electron chi connectivity index (χ2n) is 7.54. The lowest BCUT2D eigenvalue weighted by Gasteiger charge is -2.26. The molecule has 9 heteroatoms. The number of urea groups is 1. The van der Waals surface area contributed by atoms with Crippen LogP contribution in [0.1, 0.15) is 25.0 Å². The van der Waals surface area contributed by atoms with Crippen molar-refractivity contribution in [2.75, 3.05) is 37.9 Å². The van der Waals surface area contributed by atoms with Crippen LogP contribution in [-0.4, -0.2) is 48.2 Å². The number of nitrogens with zero attached hydrogens (tertiary/aromatic N) is 3. The zero-order valence-electron chi connectivity index (χ0n) is 18.3. The van der Waals surface area contributed by atoms with E-state index in [1.165, 1.54) is 30.6 Å². The summed E-state index contributed by atoms with van der Waals surface area (Å²) in [5.41, 5.74) is 1.84. The Morgan fingerprint density at radius 3 is 2.56 bits per heavy atom. The van der Waals surface area contributed by atoms with Crippen molar-refractivity contribution in [1.82, 2.24) is 14.9 Å². The average molecular weight is 454 g/mol. The van der Waals surface area contributed by atoms with Crippen LogP contribution in [0.15, 0.2) is 41.8 Å². The van der Waals surface area contributed by atoms with Gasteiger partial charge in [-0.25, -0.2) is 14.8 Å². The van der Waals surface area contributed by atoms with Gasteiger partial charge in [0.2, 0.25) is 0 Å². The lowest BCUT2D eigenvalue weighted by molar-refractivity contribution is 0.218. The van der Waals surface area contributed by atoms with Crippen LogP contribution in [0, 0.1) is 0 Å². The summed E-state index contributed by atoms with van der Waals surface area (Å²) in [5, 5.41) is 8.14. The molecule has 2 aromatic heterocycles. The number of thiazole rings is 1. The van der Waals surface area contributed by atoms with Gasteiger partial charge in [0.05, 0.1) is 19.9 Å². The molecule has 0 unspecified atom stereocenters. The highest BCUT2D eigenvalue weighted by molar-refractivity contribution is 7.13. The highest BCUT2D eigenvalue weighted by Gasteiger charge is 2.13. The minimum absolute atomic E-state index is 0.378. The predicted molar refractivity (Wildman–Crippen MR) is 127 cm³/mol. The molecule has 3 aromatic rings. The second kappa shape index (κ2) is 10.4. The number of likely N-dealkylation sites (tertiary alicyclic amines) is 1. The molecular formula is C23H27N5O3S. The highest BCUT2D eigenvalue weighted by Crippen LogP contribution is 2.34. The second-order valence-corrected chi connectivity index (χ2v) is 8.40. The first-order chi connectivity index (χ1) is 15.6. The number of rotatable bonds is 7. The van der Waals surface area contributed by atoms with Gasteiger partial charge in [0.25, 0.3) is 0 Å². The number of aromatic nitrogens is 2. The molecule has 8 nitrogen and oxygen atoms in total. The van der Waals surface area contributed by atoms with E-state index in [0.717, 1.165) is 35.9 Å². The Bertz CT molecular complexity index is 1070. The molecule has 3 heterocycles. The standard InChI is InChI=1S/C23H27N5O3S/c1-30-18-10-9-16(13-19(18)31-2)22-25-21(15-32-22)27-23(29)26-20-8-6-7-17(24-20)14-28-11-4-3-5-12-28/h6-10,13,15H,3-5,11-12,14H2,1-2H3,(H2,24,26,27,29). The van der Waals surface area contributed by atoms with Gasteiger partial charge in [0.1, 0.15) is 16.6 Å². The molecule has 0 spiro atoms. The largest absolute Gasteiger partial charge is 0.493 e. The van der Waals surface area contributed by atoms with Crippen LogP contribution in [-0.2, 0) is 6.54 Å². The van der Waals surface area contributed by atoms with E-state index in [4.69, 9.17) is 9.47 Å². The van der Waals surface area contributed by atoms with Gasteiger partial charge < -0.3 is 9.47 Å². The van der Waals surface area contributed by atoms with E-state index < -0.39 is 0 Å². The summed E-state index contributed by atoms with van der Waals surface area (Å²) in [5.74, 6) is 2.28. The van der Waals surface area contributed by atoms with Gasteiger partial charge in [-0.2, -0.15) is 0 Å². The monoisotopic (exact) mass is 453 g/mol. The molecular weight excluding hydrogens is 426 g/mol. The van der Waals surface area contributed by atoms with Crippen LogP contribution in [0.3, 0.4) is 0 Å². The van der Waals surface area contributed by atoms with Crippen molar-refractivity contribution in [2.45, 2.75) is 25.8 Å². The molecule has 4 rings (SSSR count). The number of ether oxygens (including phenoxy) is 2. The fraction of sp³-hybridized carbons (Fsp3) is 0.348. The number of hydrogen-bond acceptors (Lipinski definition) is 7. The first kappa shape index (κ1) is 22.0. The third kappa shape index (κ3) is 5.54. The number of hydrogen-bond donors (Lipinski definition) is 2. The first-order valence-corrected chi connectivity index (χ1v) is 11.5. The summed E-state index contributed by atoms with van der Waals surface area (Å²) in [6.07, 6.45) is 3.77. The van der Waals surface area contributed by atoms with Crippen LogP contribution in [0.25, 0.3) is 10.6 Å². The van der Waals surface area contributed by atoms with Crippen molar-refractivity contribution in [1.29, 1.82) is 0 Å². The van der Waals surface area contributed by atoms with E-state index in [9.17, 15) is 4.79 Å². The fourth-order valence-electron chi connectivity index (χ4n) is 3.68. The van der Waals surface area contributed by atoms with Crippen LogP contribution in [0.5, 0.6) is 11.5 Å². The lowest BCUT2D eigenvalue weighted by Crippen LogP contribution is -2.29. The molecule has 0 atom stereocenters. The topological polar surface area (TPSA) is 88.6 Å². The maximum atomic E-state index is 12.5. The van der Waals surface area contributed by atoms with Gasteiger partial charge >= 0.3 is 6.03 Å². The number of carbonyl (C=O) groups is 1. The van der Waals surface area contributed by atoms with E-state index in [1.807, 2.05) is 30.3 Å². The van der Waals surface area contributed by atoms with Gasteiger partial charge in [0.15, 0.2) is 11.5 Å². The van der Waals surface area contributed by atoms with Crippen LogP contribution >= 0.6 is 11.3 Å². The van der Waals surface area contributed by atoms with Gasteiger partial charge in [-0.1, -0.05) is 12.5 Å². The number of piperidine rings is 1. The van der Waals surface area contributed by atoms with Gasteiger partial charge in [-0.05, 0) is 56.3 Å². The van der Waals surface area contributed by atoms with E-state index in [0.29, 0.717) is 23.1 Å². The van der Waals surface area contributed by atoms with Gasteiger partial charge in [-0.15, -0.1) is 11.3 Å². The van der Waals surface area contributed by atoms with Crippen LogP contribution in [0.2, 0.25) is 0 Å². The average Bonchev–Trinajstić information content (AvgIpc) is 3.27. The Kier molecular flexibility index (Phi) is 7.18. The summed E-state index contributed by atoms with van der Waals surface area (Å²) in [7, 11) is 3.19. The number of carbonyl (C=O) groups excluding carboxylic acids is 1. The van der Waals surface area contributed by atoms with E-state index in [1.54, 1.807) is 25.7 Å². The minimum atomic E-state index is -0.378. The summed E-state index contributed by atoms with van der Waals surface area (Å²) in [6, 6.07) is 10.9. The molecule has 0 radical (unpaired) electrons. The Labute approximate surface area is 191 Å². The van der Waals surface area contributed by atoms with Crippen LogP contribution in [0.4, 0.5) is 16.4 Å². The number of amides is 2. The fourth-order valence-corrected chi connectivity index (χ4v) is 4.43. The Balaban J connectivity index is 1.37. The molecule has 168 valence electrons. The summed E-state index contributed by atoms with van der Waals surface area (Å²) < 4.78 is 10.6. The molecule has 1 aliphatic heterocycles. The summed E-state index contributed by atoms with van der Waals surface area (Å²) >= 11 is 1.43. The first-order valence-electron chi connectivity index (χ1n) is 10.6. The van der Waals surface area contributed by atoms with Crippen molar-refractivity contribution in [3.63, 3.8) is 0 Å². The molecule has 0 saturated carbocycles. The number of nitrogens with one attached hydrogen (secondary N) is 2. The van der Waals surface area contributed by atoms with Crippen LogP contribution < -0.4 is 20.1 Å². The Hall–Kier alpha value is -3.17. The smallest absolute Gasteiger partial charge is 0.326 e. The van der Waals surface area contributed by atoms with Crippen molar-refractivity contribution in [3.8, 4) is 22.1 Å². The highest BCUT2D eigenvalue weighted by atomic mass is 32.1. The molecule has 1 fully saturated rings. The van der Waals surface area contributed by atoms with Crippen molar-refractivity contribution in [3.05, 3.63) is 47.5 Å². The third-order valence-electron chi connectivity index (χ3n) is 5.26. The zero-order valence-corrected chi connectivity index (χ0v) is 19.1. The summed E-state index contributed by atoms with van der Waals surface area (Å²) in [6.45, 7) is 3.01. The van der Waals surface area contributed by atoms with E-state index >= 15 is 0 Å². The SMILES string of the molecule is COc1ccc(-c2nc(NC(=O)Nc3cccc(CN4CCCCC4)n3)cs2)cc1OC. The number of anilines is 2. The Morgan fingerprint density at radius 1 is 1.00 bits per heavy atom. The molecule has 0 bridgehead atoms. The molecule has 1 aromatic carbocycles. The zero-order chi connectivity index (χ0) is 22.3. The van der Waals surface area contributed by atoms with Gasteiger partial charge in [0, 0.05) is 17.5 Å². The normalized spacial score (nSPS) is 14.1. The van der Waals surface area contributed by atoms with Crippen molar-refractivity contribution in [2.24, 2.45) is 0 Å².